The van der Waals surface area contributed by atoms with E-state index in [4.69, 9.17) is 9.47 Å². The van der Waals surface area contributed by atoms with Crippen LogP contribution in [0.15, 0.2) is 67.1 Å². The van der Waals surface area contributed by atoms with Gasteiger partial charge < -0.3 is 14.8 Å². The summed E-state index contributed by atoms with van der Waals surface area (Å²) in [7, 11) is 0. The van der Waals surface area contributed by atoms with E-state index in [-0.39, 0.29) is 12.5 Å². The Labute approximate surface area is 150 Å². The number of fused-ring (bicyclic) bond motifs is 1. The van der Waals surface area contributed by atoms with Gasteiger partial charge in [0.25, 0.3) is 5.91 Å². The van der Waals surface area contributed by atoms with E-state index in [0.717, 1.165) is 16.8 Å². The second-order valence-corrected chi connectivity index (χ2v) is 5.88. The number of carbonyl (C=O) groups excluding carboxylic acids is 1. The minimum Gasteiger partial charge on any atom is -0.485 e. The molecule has 130 valence electrons. The van der Waals surface area contributed by atoms with Gasteiger partial charge in [0.1, 0.15) is 6.61 Å². The summed E-state index contributed by atoms with van der Waals surface area (Å²) in [5, 5.41) is 2.86. The SMILES string of the molecule is O=C(NCc1ccc(-c2cccnc2)nc1)C1COc2ccccc2O1. The average Bonchev–Trinajstić information content (AvgIpc) is 2.72. The van der Waals surface area contributed by atoms with Crippen molar-refractivity contribution in [3.8, 4) is 22.8 Å². The number of benzene rings is 1. The third-order valence-corrected chi connectivity index (χ3v) is 4.05. The second kappa shape index (κ2) is 7.23. The molecule has 1 unspecified atom stereocenters. The molecule has 1 aliphatic heterocycles. The van der Waals surface area contributed by atoms with Crippen molar-refractivity contribution >= 4 is 5.91 Å². The lowest BCUT2D eigenvalue weighted by Gasteiger charge is -2.25. The maximum absolute atomic E-state index is 12.3. The van der Waals surface area contributed by atoms with E-state index in [1.54, 1.807) is 24.7 Å². The number of hydrogen-bond donors (Lipinski definition) is 1. The summed E-state index contributed by atoms with van der Waals surface area (Å²) < 4.78 is 11.3. The Balaban J connectivity index is 1.35. The summed E-state index contributed by atoms with van der Waals surface area (Å²) in [6.45, 7) is 0.571. The maximum Gasteiger partial charge on any atom is 0.264 e. The molecular formula is C20H17N3O3. The summed E-state index contributed by atoms with van der Waals surface area (Å²) in [5.41, 5.74) is 2.70. The van der Waals surface area contributed by atoms with E-state index < -0.39 is 6.10 Å². The zero-order valence-corrected chi connectivity index (χ0v) is 14.0. The van der Waals surface area contributed by atoms with Crippen molar-refractivity contribution < 1.29 is 14.3 Å². The van der Waals surface area contributed by atoms with Gasteiger partial charge in [-0.3, -0.25) is 14.8 Å². The molecule has 6 nitrogen and oxygen atoms in total. The number of rotatable bonds is 4. The summed E-state index contributed by atoms with van der Waals surface area (Å²) in [5.74, 6) is 1.03. The number of nitrogens with one attached hydrogen (secondary N) is 1. The van der Waals surface area contributed by atoms with Gasteiger partial charge in [-0.25, -0.2) is 0 Å². The normalized spacial score (nSPS) is 15.3. The molecule has 0 spiro atoms. The summed E-state index contributed by atoms with van der Waals surface area (Å²) in [6.07, 6.45) is 4.58. The lowest BCUT2D eigenvalue weighted by molar-refractivity contribution is -0.130. The highest BCUT2D eigenvalue weighted by Crippen LogP contribution is 2.30. The van der Waals surface area contributed by atoms with Crippen LogP contribution < -0.4 is 14.8 Å². The number of aromatic nitrogens is 2. The van der Waals surface area contributed by atoms with Crippen LogP contribution in [-0.2, 0) is 11.3 Å². The van der Waals surface area contributed by atoms with E-state index in [2.05, 4.69) is 15.3 Å². The number of amides is 1. The molecule has 0 saturated carbocycles. The van der Waals surface area contributed by atoms with E-state index in [1.165, 1.54) is 0 Å². The fourth-order valence-electron chi connectivity index (χ4n) is 2.67. The molecule has 0 radical (unpaired) electrons. The van der Waals surface area contributed by atoms with Crippen LogP contribution in [0.1, 0.15) is 5.56 Å². The number of carbonyl (C=O) groups is 1. The molecule has 1 aromatic carbocycles. The number of pyridine rings is 2. The fourth-order valence-corrected chi connectivity index (χ4v) is 2.67. The Morgan fingerprint density at radius 1 is 1.08 bits per heavy atom. The molecule has 0 aliphatic carbocycles. The number of ether oxygens (including phenoxy) is 2. The van der Waals surface area contributed by atoms with Crippen LogP contribution in [0, 0.1) is 0 Å². The van der Waals surface area contributed by atoms with Crippen molar-refractivity contribution in [2.75, 3.05) is 6.61 Å². The van der Waals surface area contributed by atoms with Crippen LogP contribution >= 0.6 is 0 Å². The van der Waals surface area contributed by atoms with Crippen molar-refractivity contribution in [2.45, 2.75) is 12.6 Å². The molecule has 4 rings (SSSR count). The Bertz CT molecular complexity index is 898. The lowest BCUT2D eigenvalue weighted by atomic mass is 10.1. The van der Waals surface area contributed by atoms with Gasteiger partial charge in [-0.1, -0.05) is 18.2 Å². The van der Waals surface area contributed by atoms with E-state index in [1.807, 2.05) is 42.5 Å². The molecule has 3 heterocycles. The highest BCUT2D eigenvalue weighted by atomic mass is 16.6. The third-order valence-electron chi connectivity index (χ3n) is 4.05. The second-order valence-electron chi connectivity index (χ2n) is 5.88. The van der Waals surface area contributed by atoms with Crippen molar-refractivity contribution in [3.05, 3.63) is 72.7 Å². The molecular weight excluding hydrogens is 330 g/mol. The number of para-hydroxylation sites is 2. The first kappa shape index (κ1) is 16.1. The Morgan fingerprint density at radius 2 is 1.96 bits per heavy atom. The van der Waals surface area contributed by atoms with Gasteiger partial charge in [0.05, 0.1) is 5.69 Å². The predicted molar refractivity (Wildman–Crippen MR) is 95.7 cm³/mol. The molecule has 1 N–H and O–H groups in total. The molecule has 0 fully saturated rings. The predicted octanol–water partition coefficient (Wildman–Crippen LogP) is 2.60. The highest BCUT2D eigenvalue weighted by molar-refractivity contribution is 5.81. The third kappa shape index (κ3) is 3.49. The Kier molecular flexibility index (Phi) is 4.47. The average molecular weight is 347 g/mol. The quantitative estimate of drug-likeness (QED) is 0.785. The van der Waals surface area contributed by atoms with E-state index in [9.17, 15) is 4.79 Å². The minimum atomic E-state index is -0.660. The van der Waals surface area contributed by atoms with Crippen LogP contribution in [0.5, 0.6) is 11.5 Å². The standard InChI is InChI=1S/C20H17N3O3/c24-20(19-13-25-17-5-1-2-6-18(17)26-19)23-11-14-7-8-16(22-10-14)15-4-3-9-21-12-15/h1-10,12,19H,11,13H2,(H,23,24). The van der Waals surface area contributed by atoms with Gasteiger partial charge in [0, 0.05) is 30.7 Å². The monoisotopic (exact) mass is 347 g/mol. The number of nitrogens with zero attached hydrogens (tertiary/aromatic N) is 2. The van der Waals surface area contributed by atoms with E-state index >= 15 is 0 Å². The number of hydrogen-bond acceptors (Lipinski definition) is 5. The highest BCUT2D eigenvalue weighted by Gasteiger charge is 2.26. The fraction of sp³-hybridized carbons (Fsp3) is 0.150. The van der Waals surface area contributed by atoms with Gasteiger partial charge in [0.15, 0.2) is 11.5 Å². The first-order chi connectivity index (χ1) is 12.8. The molecule has 6 heteroatoms. The zero-order chi connectivity index (χ0) is 17.8. The van der Waals surface area contributed by atoms with Gasteiger partial charge >= 0.3 is 0 Å². The van der Waals surface area contributed by atoms with Gasteiger partial charge in [-0.05, 0) is 35.9 Å². The first-order valence-corrected chi connectivity index (χ1v) is 8.31. The molecule has 0 saturated heterocycles. The first-order valence-electron chi connectivity index (χ1n) is 8.31. The molecule has 3 aromatic rings. The molecule has 2 aromatic heterocycles. The topological polar surface area (TPSA) is 73.3 Å². The van der Waals surface area contributed by atoms with Crippen molar-refractivity contribution in [1.29, 1.82) is 0 Å². The van der Waals surface area contributed by atoms with Crippen molar-refractivity contribution in [3.63, 3.8) is 0 Å². The van der Waals surface area contributed by atoms with Crippen LogP contribution in [0.25, 0.3) is 11.3 Å². The largest absolute Gasteiger partial charge is 0.485 e. The van der Waals surface area contributed by atoms with Crippen molar-refractivity contribution in [1.82, 2.24) is 15.3 Å². The maximum atomic E-state index is 12.3. The molecule has 0 bridgehead atoms. The smallest absolute Gasteiger partial charge is 0.264 e. The van der Waals surface area contributed by atoms with Crippen LogP contribution in [0.3, 0.4) is 0 Å². The Hall–Kier alpha value is -3.41. The zero-order valence-electron chi connectivity index (χ0n) is 14.0. The van der Waals surface area contributed by atoms with Gasteiger partial charge in [-0.15, -0.1) is 0 Å². The van der Waals surface area contributed by atoms with Gasteiger partial charge in [-0.2, -0.15) is 0 Å². The molecule has 1 amide bonds. The Morgan fingerprint density at radius 3 is 2.73 bits per heavy atom. The summed E-state index contributed by atoms with van der Waals surface area (Å²) in [4.78, 5) is 20.8. The van der Waals surface area contributed by atoms with Crippen LogP contribution in [0.2, 0.25) is 0 Å². The van der Waals surface area contributed by atoms with Crippen molar-refractivity contribution in [2.24, 2.45) is 0 Å². The summed E-state index contributed by atoms with van der Waals surface area (Å²) >= 11 is 0. The van der Waals surface area contributed by atoms with Crippen LogP contribution in [-0.4, -0.2) is 28.6 Å². The molecule has 26 heavy (non-hydrogen) atoms. The lowest BCUT2D eigenvalue weighted by Crippen LogP contribution is -2.43. The molecule has 1 aliphatic rings. The van der Waals surface area contributed by atoms with Gasteiger partial charge in [0.2, 0.25) is 6.10 Å². The molecule has 1 atom stereocenters. The van der Waals surface area contributed by atoms with E-state index in [0.29, 0.717) is 18.0 Å². The summed E-state index contributed by atoms with van der Waals surface area (Å²) in [6, 6.07) is 15.0. The minimum absolute atomic E-state index is 0.195. The van der Waals surface area contributed by atoms with Crippen LogP contribution in [0.4, 0.5) is 0 Å².